The topological polar surface area (TPSA) is 328 Å². The molecule has 0 spiro atoms. The van der Waals surface area contributed by atoms with Gasteiger partial charge in [-0.1, -0.05) is 0 Å². The quantitative estimate of drug-likeness (QED) is 0.0927. The first kappa shape index (κ1) is 39.0. The van der Waals surface area contributed by atoms with E-state index in [0.717, 1.165) is 24.3 Å². The monoisotopic (exact) mass is 756 g/mol. The van der Waals surface area contributed by atoms with Crippen LogP contribution < -0.4 is 14.9 Å². The van der Waals surface area contributed by atoms with Crippen LogP contribution in [0.3, 0.4) is 0 Å². The number of benzene rings is 2. The van der Waals surface area contributed by atoms with E-state index in [0.29, 0.717) is 0 Å². The summed E-state index contributed by atoms with van der Waals surface area (Å²) in [5, 5.41) is 124. The molecule has 20 heteroatoms. The molecule has 292 valence electrons. The van der Waals surface area contributed by atoms with Gasteiger partial charge in [0.2, 0.25) is 12.6 Å². The molecule has 3 saturated heterocycles. The molecule has 4 heterocycles. The molecule has 0 saturated carbocycles. The fraction of sp³-hybridized carbons (Fsp3) is 0.545. The van der Waals surface area contributed by atoms with Crippen molar-refractivity contribution >= 4 is 0 Å². The third-order valence-corrected chi connectivity index (χ3v) is 9.26. The van der Waals surface area contributed by atoms with Crippen LogP contribution in [0.1, 0.15) is 6.92 Å². The van der Waals surface area contributed by atoms with Gasteiger partial charge in [0.1, 0.15) is 78.7 Å². The van der Waals surface area contributed by atoms with Crippen molar-refractivity contribution in [1.82, 2.24) is 0 Å². The van der Waals surface area contributed by atoms with Crippen molar-refractivity contribution in [3.63, 3.8) is 0 Å². The maximum absolute atomic E-state index is 12.8. The molecule has 0 bridgehead atoms. The van der Waals surface area contributed by atoms with Gasteiger partial charge < -0.3 is 94.1 Å². The Labute approximate surface area is 298 Å². The molecule has 5 aliphatic rings. The zero-order chi connectivity index (χ0) is 38.5. The van der Waals surface area contributed by atoms with Gasteiger partial charge in [0.05, 0.1) is 24.9 Å². The lowest BCUT2D eigenvalue weighted by molar-refractivity contribution is -0.318. The Morgan fingerprint density at radius 1 is 0.623 bits per heavy atom. The van der Waals surface area contributed by atoms with Gasteiger partial charge in [-0.15, -0.1) is 0 Å². The van der Waals surface area contributed by atoms with Crippen molar-refractivity contribution in [2.45, 2.75) is 99.0 Å². The number of phenolic OH excluding ortho intramolecular Hbond substituents is 2. The normalized spacial score (nSPS) is 37.8. The summed E-state index contributed by atoms with van der Waals surface area (Å²) in [6.07, 6.45) is -24.6. The first-order valence-electron chi connectivity index (χ1n) is 16.4. The van der Waals surface area contributed by atoms with E-state index in [1.807, 2.05) is 0 Å². The van der Waals surface area contributed by atoms with Crippen molar-refractivity contribution in [3.8, 4) is 45.6 Å². The lowest BCUT2D eigenvalue weighted by atomic mass is 9.98. The summed E-state index contributed by atoms with van der Waals surface area (Å²) in [6.45, 7) is 0.0502. The molecule has 20 nitrogen and oxygen atoms in total. The standard InChI is InChI=1S/C33H40O20/c1-10-21(38)24(41)27(44)31(48-10)47-9-20-23(40)26(43)29(46)33(53-20)51-18-7-13-16(49-30(18)11-2-3-14(36)15(37)4-11)5-12(35)6-17(13)50-32-28(45)25(42)22(39)19(8-34)52-32/h2-7,10,19-29,31-34,36-46H,8-9H2,1H3/t10-,19+,20+,21-,22+,23+,24+,25-,26-,27+,28+,29+,31+,32+,33+/m0/s1. The molecule has 0 radical (unpaired) electrons. The Bertz CT molecular complexity index is 1750. The predicted octanol–water partition coefficient (Wildman–Crippen LogP) is -3.97. The van der Waals surface area contributed by atoms with Crippen molar-refractivity contribution in [2.75, 3.05) is 13.2 Å². The lowest BCUT2D eigenvalue weighted by Gasteiger charge is -2.42. The number of hydrogen-bond acceptors (Lipinski definition) is 20. The zero-order valence-electron chi connectivity index (χ0n) is 27.7. The molecule has 0 unspecified atom stereocenters. The second-order valence-electron chi connectivity index (χ2n) is 12.9. The molecule has 4 aliphatic heterocycles. The summed E-state index contributed by atoms with van der Waals surface area (Å²) in [6, 6.07) is 6.72. The van der Waals surface area contributed by atoms with Gasteiger partial charge in [0.15, 0.2) is 34.7 Å². The minimum Gasteiger partial charge on any atom is -0.504 e. The summed E-state index contributed by atoms with van der Waals surface area (Å²) >= 11 is 0. The molecule has 1 aliphatic carbocycles. The lowest BCUT2D eigenvalue weighted by Crippen LogP contribution is -2.61. The highest BCUT2D eigenvalue weighted by Crippen LogP contribution is 2.44. The van der Waals surface area contributed by atoms with Crippen LogP contribution >= 0.6 is 0 Å². The van der Waals surface area contributed by atoms with Crippen LogP contribution in [0, 0.1) is 0 Å². The van der Waals surface area contributed by atoms with E-state index in [4.69, 9.17) is 32.8 Å². The number of aliphatic hydroxyl groups is 10. The molecule has 15 atom stereocenters. The highest BCUT2D eigenvalue weighted by molar-refractivity contribution is 5.76. The maximum Gasteiger partial charge on any atom is 0.229 e. The smallest absolute Gasteiger partial charge is 0.229 e. The van der Waals surface area contributed by atoms with E-state index in [1.54, 1.807) is 0 Å². The Hall–Kier alpha value is -3.71. The highest BCUT2D eigenvalue weighted by atomic mass is 16.7. The molecule has 6 rings (SSSR count). The van der Waals surface area contributed by atoms with E-state index < -0.39 is 122 Å². The third kappa shape index (κ3) is 7.65. The second-order valence-corrected chi connectivity index (χ2v) is 12.9. The van der Waals surface area contributed by atoms with Crippen molar-refractivity contribution < 1.29 is 94.1 Å². The number of fused-ring (bicyclic) bond motifs is 1. The molecule has 12 N–H and O–H groups in total. The summed E-state index contributed by atoms with van der Waals surface area (Å²) in [5.74, 6) is -2.12. The summed E-state index contributed by atoms with van der Waals surface area (Å²) in [7, 11) is 0. The molecule has 0 aromatic heterocycles. The van der Waals surface area contributed by atoms with Crippen LogP contribution in [0.2, 0.25) is 0 Å². The summed E-state index contributed by atoms with van der Waals surface area (Å²) in [4.78, 5) is 12.8. The van der Waals surface area contributed by atoms with E-state index >= 15 is 0 Å². The van der Waals surface area contributed by atoms with Crippen LogP contribution in [0.15, 0.2) is 45.6 Å². The fourth-order valence-corrected chi connectivity index (χ4v) is 6.12. The number of aliphatic hydroxyl groups excluding tert-OH is 10. The van der Waals surface area contributed by atoms with Crippen LogP contribution in [0.5, 0.6) is 23.0 Å². The Balaban J connectivity index is 1.34. The second kappa shape index (κ2) is 15.6. The minimum atomic E-state index is -1.94. The van der Waals surface area contributed by atoms with Crippen molar-refractivity contribution in [2.24, 2.45) is 0 Å². The fourth-order valence-electron chi connectivity index (χ4n) is 6.12. The minimum absolute atomic E-state index is 0.0487. The number of hydrogen-bond donors (Lipinski definition) is 12. The van der Waals surface area contributed by atoms with Crippen molar-refractivity contribution in [3.05, 3.63) is 46.6 Å². The largest absolute Gasteiger partial charge is 0.504 e. The first-order valence-corrected chi connectivity index (χ1v) is 16.4. The Morgan fingerprint density at radius 3 is 1.85 bits per heavy atom. The van der Waals surface area contributed by atoms with Crippen LogP contribution in [-0.2, 0) is 18.9 Å². The maximum atomic E-state index is 12.8. The number of ether oxygens (including phenoxy) is 6. The van der Waals surface area contributed by atoms with Gasteiger partial charge >= 0.3 is 0 Å². The molecular formula is C33H40O20. The highest BCUT2D eigenvalue weighted by Gasteiger charge is 2.48. The van der Waals surface area contributed by atoms with Crippen molar-refractivity contribution in [1.29, 1.82) is 0 Å². The average Bonchev–Trinajstić information content (AvgIpc) is 3.13. The van der Waals surface area contributed by atoms with E-state index in [9.17, 15) is 66.1 Å². The number of phenols is 2. The zero-order valence-corrected chi connectivity index (χ0v) is 27.7. The first-order chi connectivity index (χ1) is 25.1. The predicted molar refractivity (Wildman–Crippen MR) is 170 cm³/mol. The van der Waals surface area contributed by atoms with Gasteiger partial charge in [-0.25, -0.2) is 0 Å². The van der Waals surface area contributed by atoms with Gasteiger partial charge in [0, 0.05) is 17.7 Å². The molecular weight excluding hydrogens is 716 g/mol. The summed E-state index contributed by atoms with van der Waals surface area (Å²) in [5.41, 5.74) is -0.676. The van der Waals surface area contributed by atoms with Gasteiger partial charge in [-0.2, -0.15) is 0 Å². The third-order valence-electron chi connectivity index (χ3n) is 9.26. The number of aromatic hydroxyl groups is 2. The molecule has 53 heavy (non-hydrogen) atoms. The van der Waals surface area contributed by atoms with Crippen LogP contribution in [0.25, 0.3) is 22.6 Å². The Morgan fingerprint density at radius 2 is 1.21 bits per heavy atom. The van der Waals surface area contributed by atoms with Crippen LogP contribution in [0.4, 0.5) is 0 Å². The Kier molecular flexibility index (Phi) is 11.5. The van der Waals surface area contributed by atoms with Crippen LogP contribution in [-0.4, -0.2) is 167 Å². The van der Waals surface area contributed by atoms with E-state index in [-0.39, 0.29) is 34.1 Å². The van der Waals surface area contributed by atoms with E-state index in [1.165, 1.54) is 19.1 Å². The molecule has 0 amide bonds. The van der Waals surface area contributed by atoms with Gasteiger partial charge in [0.25, 0.3) is 0 Å². The summed E-state index contributed by atoms with van der Waals surface area (Å²) < 4.78 is 39.9. The van der Waals surface area contributed by atoms with Gasteiger partial charge in [-0.3, -0.25) is 4.79 Å². The van der Waals surface area contributed by atoms with Gasteiger partial charge in [-0.05, 0) is 31.2 Å². The molecule has 1 aromatic carbocycles. The number of rotatable bonds is 9. The average molecular weight is 757 g/mol. The SMILES string of the molecule is C[C@@H]1O[C@@H](OC[C@H]2O[C@@H](Oc3cc4c(O[C@@H]5O[C@H](CO)[C@@H](O)[C@H](O)[C@H]5O)cc(=O)cc-4oc3-c3ccc(O)c(O)c3)[C@H](O)[C@@H](O)[C@@H]2O)[C@H](O)[C@H](O)[C@H]1O. The molecule has 3 fully saturated rings. The molecule has 1 aromatic rings. The van der Waals surface area contributed by atoms with E-state index in [2.05, 4.69) is 0 Å².